The molecule has 6 heteroatoms. The SMILES string of the molecule is CC1=NCC2=C1C(C(=O)NC(C)C)=CN(C(=O)c1ccc(F)c(C)c1)CC2(C)C. The second-order valence-electron chi connectivity index (χ2n) is 8.71. The Morgan fingerprint density at radius 3 is 2.55 bits per heavy atom. The van der Waals surface area contributed by atoms with Crippen LogP contribution in [0.3, 0.4) is 0 Å². The van der Waals surface area contributed by atoms with Crippen molar-refractivity contribution in [3.05, 3.63) is 58.1 Å². The Bertz CT molecular complexity index is 970. The molecule has 0 radical (unpaired) electrons. The van der Waals surface area contributed by atoms with Crippen LogP contribution in [0.1, 0.15) is 50.5 Å². The molecule has 0 unspecified atom stereocenters. The summed E-state index contributed by atoms with van der Waals surface area (Å²) in [5.41, 5.74) is 3.60. The number of amides is 2. The molecule has 2 aliphatic heterocycles. The summed E-state index contributed by atoms with van der Waals surface area (Å²) in [4.78, 5) is 32.4. The van der Waals surface area contributed by atoms with Crippen molar-refractivity contribution in [2.75, 3.05) is 13.1 Å². The Kier molecular flexibility index (Phi) is 5.48. The third-order valence-electron chi connectivity index (χ3n) is 5.40. The second-order valence-corrected chi connectivity index (χ2v) is 8.71. The maximum absolute atomic E-state index is 13.7. The van der Waals surface area contributed by atoms with E-state index in [2.05, 4.69) is 24.2 Å². The van der Waals surface area contributed by atoms with E-state index in [9.17, 15) is 14.0 Å². The number of rotatable bonds is 3. The predicted octanol–water partition coefficient (Wildman–Crippen LogP) is 3.80. The van der Waals surface area contributed by atoms with E-state index >= 15 is 0 Å². The summed E-state index contributed by atoms with van der Waals surface area (Å²) in [6.07, 6.45) is 1.63. The van der Waals surface area contributed by atoms with Crippen LogP contribution >= 0.6 is 0 Å². The summed E-state index contributed by atoms with van der Waals surface area (Å²) < 4.78 is 13.7. The molecule has 154 valence electrons. The summed E-state index contributed by atoms with van der Waals surface area (Å²) in [6, 6.07) is 4.30. The van der Waals surface area contributed by atoms with Crippen molar-refractivity contribution in [3.8, 4) is 0 Å². The largest absolute Gasteiger partial charge is 0.350 e. The predicted molar refractivity (Wildman–Crippen MR) is 112 cm³/mol. The molecule has 0 atom stereocenters. The molecule has 0 saturated heterocycles. The Morgan fingerprint density at radius 1 is 1.24 bits per heavy atom. The number of nitrogens with zero attached hydrogens (tertiary/aromatic N) is 2. The summed E-state index contributed by atoms with van der Waals surface area (Å²) in [5, 5.41) is 2.93. The number of aryl methyl sites for hydroxylation is 1. The van der Waals surface area contributed by atoms with Gasteiger partial charge in [-0.05, 0) is 57.0 Å². The van der Waals surface area contributed by atoms with E-state index < -0.39 is 0 Å². The van der Waals surface area contributed by atoms with E-state index in [-0.39, 0.29) is 29.1 Å². The molecular weight excluding hydrogens is 369 g/mol. The normalized spacial score (nSPS) is 18.3. The first-order valence-corrected chi connectivity index (χ1v) is 9.86. The van der Waals surface area contributed by atoms with Gasteiger partial charge in [0.15, 0.2) is 0 Å². The third-order valence-corrected chi connectivity index (χ3v) is 5.40. The standard InChI is InChI=1S/C23H28FN3O2/c1-13(2)26-21(28)17-11-27(22(29)16-7-8-19(24)14(3)9-16)12-23(5,6)18-10-25-15(4)20(17)18/h7-9,11,13H,10,12H2,1-6H3,(H,26,28). The van der Waals surface area contributed by atoms with Crippen molar-refractivity contribution in [1.29, 1.82) is 0 Å². The van der Waals surface area contributed by atoms with Gasteiger partial charge in [0.25, 0.3) is 11.8 Å². The number of hydrogen-bond acceptors (Lipinski definition) is 3. The minimum absolute atomic E-state index is 0.0359. The van der Waals surface area contributed by atoms with Crippen LogP contribution < -0.4 is 5.32 Å². The average Bonchev–Trinajstić information content (AvgIpc) is 2.96. The van der Waals surface area contributed by atoms with Crippen molar-refractivity contribution in [2.45, 2.75) is 47.6 Å². The van der Waals surface area contributed by atoms with Crippen LogP contribution in [0.25, 0.3) is 0 Å². The highest BCUT2D eigenvalue weighted by atomic mass is 19.1. The molecule has 2 aliphatic rings. The van der Waals surface area contributed by atoms with Crippen LogP contribution in [0.15, 0.2) is 46.1 Å². The van der Waals surface area contributed by atoms with Crippen LogP contribution in [-0.2, 0) is 4.79 Å². The fourth-order valence-electron chi connectivity index (χ4n) is 3.86. The smallest absolute Gasteiger partial charge is 0.257 e. The molecule has 1 N–H and O–H groups in total. The van der Waals surface area contributed by atoms with Crippen LogP contribution in [0.4, 0.5) is 4.39 Å². The lowest BCUT2D eigenvalue weighted by molar-refractivity contribution is -0.117. The number of hydrogen-bond donors (Lipinski definition) is 1. The van der Waals surface area contributed by atoms with E-state index in [1.807, 2.05) is 20.8 Å². The number of nitrogens with one attached hydrogen (secondary N) is 1. The highest BCUT2D eigenvalue weighted by molar-refractivity contribution is 6.15. The second kappa shape index (κ2) is 7.58. The summed E-state index contributed by atoms with van der Waals surface area (Å²) >= 11 is 0. The van der Waals surface area contributed by atoms with E-state index in [1.165, 1.54) is 12.1 Å². The van der Waals surface area contributed by atoms with Gasteiger partial charge >= 0.3 is 0 Å². The number of halogens is 1. The Balaban J connectivity index is 2.09. The summed E-state index contributed by atoms with van der Waals surface area (Å²) in [7, 11) is 0. The van der Waals surface area contributed by atoms with Gasteiger partial charge in [-0.25, -0.2) is 4.39 Å². The number of carbonyl (C=O) groups excluding carboxylic acids is 2. The monoisotopic (exact) mass is 397 g/mol. The molecule has 29 heavy (non-hydrogen) atoms. The van der Waals surface area contributed by atoms with E-state index in [1.54, 1.807) is 24.1 Å². The van der Waals surface area contributed by atoms with E-state index in [0.717, 1.165) is 16.9 Å². The lowest BCUT2D eigenvalue weighted by Gasteiger charge is -2.30. The molecule has 2 heterocycles. The van der Waals surface area contributed by atoms with Gasteiger partial charge in [0.2, 0.25) is 0 Å². The zero-order chi connectivity index (χ0) is 21.5. The Morgan fingerprint density at radius 2 is 1.93 bits per heavy atom. The highest BCUT2D eigenvalue weighted by Gasteiger charge is 2.38. The third kappa shape index (κ3) is 4.02. The molecule has 0 bridgehead atoms. The quantitative estimate of drug-likeness (QED) is 0.843. The maximum atomic E-state index is 13.7. The Labute approximate surface area is 171 Å². The minimum Gasteiger partial charge on any atom is -0.350 e. The average molecular weight is 397 g/mol. The number of aliphatic imine (C=N–C) groups is 1. The van der Waals surface area contributed by atoms with Crippen LogP contribution in [0.2, 0.25) is 0 Å². The molecule has 0 fully saturated rings. The highest BCUT2D eigenvalue weighted by Crippen LogP contribution is 2.39. The van der Waals surface area contributed by atoms with Crippen molar-refractivity contribution in [2.24, 2.45) is 10.4 Å². The molecule has 0 saturated carbocycles. The molecule has 0 aliphatic carbocycles. The fourth-order valence-corrected chi connectivity index (χ4v) is 3.86. The number of carbonyl (C=O) groups is 2. The molecule has 1 aromatic carbocycles. The van der Waals surface area contributed by atoms with Gasteiger partial charge < -0.3 is 10.2 Å². The molecule has 0 aromatic heterocycles. The van der Waals surface area contributed by atoms with Crippen molar-refractivity contribution in [1.82, 2.24) is 10.2 Å². The zero-order valence-corrected chi connectivity index (χ0v) is 17.9. The van der Waals surface area contributed by atoms with Crippen LogP contribution in [0, 0.1) is 18.2 Å². The minimum atomic E-state index is -0.363. The van der Waals surface area contributed by atoms with Gasteiger partial charge in [-0.2, -0.15) is 0 Å². The van der Waals surface area contributed by atoms with Crippen molar-refractivity contribution >= 4 is 17.5 Å². The lowest BCUT2D eigenvalue weighted by atomic mass is 9.80. The van der Waals surface area contributed by atoms with Gasteiger partial charge in [0.1, 0.15) is 5.82 Å². The van der Waals surface area contributed by atoms with Crippen molar-refractivity contribution < 1.29 is 14.0 Å². The lowest BCUT2D eigenvalue weighted by Crippen LogP contribution is -2.36. The van der Waals surface area contributed by atoms with Crippen molar-refractivity contribution in [3.63, 3.8) is 0 Å². The first-order chi connectivity index (χ1) is 13.5. The van der Waals surface area contributed by atoms with Gasteiger partial charge in [-0.15, -0.1) is 0 Å². The molecule has 3 rings (SSSR count). The first kappa shape index (κ1) is 21.0. The van der Waals surface area contributed by atoms with Gasteiger partial charge in [0, 0.05) is 41.0 Å². The van der Waals surface area contributed by atoms with Gasteiger partial charge in [-0.3, -0.25) is 14.6 Å². The van der Waals surface area contributed by atoms with E-state index in [4.69, 9.17) is 0 Å². The van der Waals surface area contributed by atoms with E-state index in [0.29, 0.717) is 29.8 Å². The fraction of sp³-hybridized carbons (Fsp3) is 0.435. The summed E-state index contributed by atoms with van der Waals surface area (Å²) in [5.74, 6) is -0.834. The molecule has 5 nitrogen and oxygen atoms in total. The van der Waals surface area contributed by atoms with Gasteiger partial charge in [-0.1, -0.05) is 13.8 Å². The number of benzene rings is 1. The maximum Gasteiger partial charge on any atom is 0.257 e. The molecule has 1 aromatic rings. The van der Waals surface area contributed by atoms with Gasteiger partial charge in [0.05, 0.1) is 12.1 Å². The first-order valence-electron chi connectivity index (χ1n) is 9.86. The molecule has 0 spiro atoms. The molecular formula is C23H28FN3O2. The molecule has 2 amide bonds. The zero-order valence-electron chi connectivity index (χ0n) is 17.9. The van der Waals surface area contributed by atoms with Crippen LogP contribution in [0.5, 0.6) is 0 Å². The summed E-state index contributed by atoms with van der Waals surface area (Å²) in [6.45, 7) is 12.4. The Hall–Kier alpha value is -2.76. The van der Waals surface area contributed by atoms with Crippen LogP contribution in [-0.4, -0.2) is 41.6 Å². The topological polar surface area (TPSA) is 61.8 Å².